The topological polar surface area (TPSA) is 34.1 Å². The van der Waals surface area contributed by atoms with Crippen molar-refractivity contribution in [1.29, 1.82) is 0 Å². The van der Waals surface area contributed by atoms with Crippen molar-refractivity contribution >= 4 is 5.69 Å². The smallest absolute Gasteiger partial charge is 0.213 e. The van der Waals surface area contributed by atoms with E-state index in [9.17, 15) is 4.39 Å². The summed E-state index contributed by atoms with van der Waals surface area (Å²) >= 11 is 0. The number of aryl methyl sites for hydroxylation is 1. The third-order valence-corrected chi connectivity index (χ3v) is 3.47. The Bertz CT molecular complexity index is 583. The standard InChI is InChI=1S/C15H15FN2O/c1-19-15-7-4-12(9-17-15)18-14-6-2-10-8-11(16)3-5-13(10)14/h3-5,7-9,14,18H,2,6H2,1H3. The van der Waals surface area contributed by atoms with Gasteiger partial charge in [0.05, 0.1) is 25.0 Å². The van der Waals surface area contributed by atoms with Gasteiger partial charge in [0.2, 0.25) is 5.88 Å². The number of fused-ring (bicyclic) bond motifs is 1. The van der Waals surface area contributed by atoms with E-state index in [4.69, 9.17) is 4.74 Å². The Balaban J connectivity index is 1.78. The van der Waals surface area contributed by atoms with Crippen LogP contribution in [0.3, 0.4) is 0 Å². The largest absolute Gasteiger partial charge is 0.481 e. The molecule has 0 bridgehead atoms. The first kappa shape index (κ1) is 12.0. The zero-order valence-corrected chi connectivity index (χ0v) is 10.7. The lowest BCUT2D eigenvalue weighted by atomic mass is 10.1. The van der Waals surface area contributed by atoms with E-state index in [1.165, 1.54) is 11.6 Å². The molecule has 1 aliphatic carbocycles. The maximum atomic E-state index is 13.2. The van der Waals surface area contributed by atoms with Crippen LogP contribution in [0.15, 0.2) is 36.5 Å². The summed E-state index contributed by atoms with van der Waals surface area (Å²) in [7, 11) is 1.59. The van der Waals surface area contributed by atoms with Gasteiger partial charge in [-0.1, -0.05) is 6.07 Å². The molecule has 2 aromatic rings. The second-order valence-electron chi connectivity index (χ2n) is 4.67. The SMILES string of the molecule is COc1ccc(NC2CCc3cc(F)ccc32)cn1. The molecule has 3 nitrogen and oxygen atoms in total. The number of methoxy groups -OCH3 is 1. The van der Waals surface area contributed by atoms with Gasteiger partial charge in [-0.3, -0.25) is 0 Å². The van der Waals surface area contributed by atoms with Gasteiger partial charge in [0, 0.05) is 6.07 Å². The fraction of sp³-hybridized carbons (Fsp3) is 0.267. The first-order valence-electron chi connectivity index (χ1n) is 6.31. The van der Waals surface area contributed by atoms with E-state index >= 15 is 0 Å². The van der Waals surface area contributed by atoms with Crippen molar-refractivity contribution in [2.24, 2.45) is 0 Å². The second-order valence-corrected chi connectivity index (χ2v) is 4.67. The van der Waals surface area contributed by atoms with Gasteiger partial charge in [0.15, 0.2) is 0 Å². The van der Waals surface area contributed by atoms with Crippen LogP contribution < -0.4 is 10.1 Å². The third-order valence-electron chi connectivity index (χ3n) is 3.47. The molecule has 0 saturated heterocycles. The molecular formula is C15H15FN2O. The summed E-state index contributed by atoms with van der Waals surface area (Å²) < 4.78 is 18.2. The van der Waals surface area contributed by atoms with Crippen LogP contribution in [0.5, 0.6) is 5.88 Å². The highest BCUT2D eigenvalue weighted by Gasteiger charge is 2.22. The first-order valence-corrected chi connectivity index (χ1v) is 6.31. The van der Waals surface area contributed by atoms with Gasteiger partial charge in [-0.25, -0.2) is 9.37 Å². The number of ether oxygens (including phenoxy) is 1. The van der Waals surface area contributed by atoms with E-state index in [1.807, 2.05) is 18.2 Å². The average Bonchev–Trinajstić information content (AvgIpc) is 2.82. The zero-order valence-electron chi connectivity index (χ0n) is 10.7. The van der Waals surface area contributed by atoms with Crippen molar-refractivity contribution in [2.45, 2.75) is 18.9 Å². The van der Waals surface area contributed by atoms with Crippen LogP contribution in [0.1, 0.15) is 23.6 Å². The molecule has 1 aliphatic rings. The molecule has 3 rings (SSSR count). The molecule has 98 valence electrons. The number of anilines is 1. The molecule has 1 heterocycles. The molecule has 0 amide bonds. The summed E-state index contributed by atoms with van der Waals surface area (Å²) in [6.45, 7) is 0. The van der Waals surface area contributed by atoms with Crippen LogP contribution in [0.4, 0.5) is 10.1 Å². The first-order chi connectivity index (χ1) is 9.26. The monoisotopic (exact) mass is 258 g/mol. The van der Waals surface area contributed by atoms with E-state index in [2.05, 4.69) is 10.3 Å². The quantitative estimate of drug-likeness (QED) is 0.917. The van der Waals surface area contributed by atoms with Crippen LogP contribution in [-0.2, 0) is 6.42 Å². The Morgan fingerprint density at radius 3 is 2.95 bits per heavy atom. The molecule has 1 aromatic heterocycles. The Kier molecular flexibility index (Phi) is 3.07. The molecule has 0 aliphatic heterocycles. The number of pyridine rings is 1. The molecule has 1 aromatic carbocycles. The van der Waals surface area contributed by atoms with Crippen LogP contribution >= 0.6 is 0 Å². The predicted molar refractivity (Wildman–Crippen MR) is 71.9 cm³/mol. The van der Waals surface area contributed by atoms with E-state index in [0.29, 0.717) is 5.88 Å². The van der Waals surface area contributed by atoms with E-state index in [1.54, 1.807) is 19.4 Å². The average molecular weight is 258 g/mol. The highest BCUT2D eigenvalue weighted by atomic mass is 19.1. The minimum atomic E-state index is -0.162. The summed E-state index contributed by atoms with van der Waals surface area (Å²) in [4.78, 5) is 4.16. The number of hydrogen-bond acceptors (Lipinski definition) is 3. The minimum Gasteiger partial charge on any atom is -0.481 e. The number of halogens is 1. The van der Waals surface area contributed by atoms with Gasteiger partial charge in [-0.15, -0.1) is 0 Å². The van der Waals surface area contributed by atoms with Gasteiger partial charge >= 0.3 is 0 Å². The molecule has 0 saturated carbocycles. The molecule has 0 fully saturated rings. The molecular weight excluding hydrogens is 243 g/mol. The van der Waals surface area contributed by atoms with E-state index in [0.717, 1.165) is 24.1 Å². The van der Waals surface area contributed by atoms with E-state index in [-0.39, 0.29) is 11.9 Å². The van der Waals surface area contributed by atoms with Crippen LogP contribution in [0.2, 0.25) is 0 Å². The maximum absolute atomic E-state index is 13.2. The molecule has 0 spiro atoms. The molecule has 1 atom stereocenters. The Hall–Kier alpha value is -2.10. The van der Waals surface area contributed by atoms with Gasteiger partial charge in [-0.2, -0.15) is 0 Å². The lowest BCUT2D eigenvalue weighted by molar-refractivity contribution is 0.398. The third kappa shape index (κ3) is 2.38. The summed E-state index contributed by atoms with van der Waals surface area (Å²) in [5.41, 5.74) is 3.22. The summed E-state index contributed by atoms with van der Waals surface area (Å²) in [5, 5.41) is 3.43. The number of rotatable bonds is 3. The van der Waals surface area contributed by atoms with Crippen molar-refractivity contribution in [3.05, 3.63) is 53.5 Å². The van der Waals surface area contributed by atoms with Crippen LogP contribution in [-0.4, -0.2) is 12.1 Å². The van der Waals surface area contributed by atoms with Crippen molar-refractivity contribution in [1.82, 2.24) is 4.98 Å². The maximum Gasteiger partial charge on any atom is 0.213 e. The van der Waals surface area contributed by atoms with Crippen molar-refractivity contribution < 1.29 is 9.13 Å². The van der Waals surface area contributed by atoms with Gasteiger partial charge in [0.1, 0.15) is 5.82 Å². The Morgan fingerprint density at radius 1 is 1.32 bits per heavy atom. The zero-order chi connectivity index (χ0) is 13.2. The minimum absolute atomic E-state index is 0.162. The number of benzene rings is 1. The summed E-state index contributed by atoms with van der Waals surface area (Å²) in [5.74, 6) is 0.435. The van der Waals surface area contributed by atoms with Gasteiger partial charge in [0.25, 0.3) is 0 Å². The predicted octanol–water partition coefficient (Wildman–Crippen LogP) is 3.33. The normalized spacial score (nSPS) is 17.1. The Labute approximate surface area is 111 Å². The van der Waals surface area contributed by atoms with Crippen molar-refractivity contribution in [3.8, 4) is 5.88 Å². The number of nitrogens with one attached hydrogen (secondary N) is 1. The lowest BCUT2D eigenvalue weighted by Crippen LogP contribution is -2.07. The second kappa shape index (κ2) is 4.88. The highest BCUT2D eigenvalue weighted by molar-refractivity contribution is 5.47. The molecule has 4 heteroatoms. The number of hydrogen-bond donors (Lipinski definition) is 1. The van der Waals surface area contributed by atoms with Crippen molar-refractivity contribution in [2.75, 3.05) is 12.4 Å². The molecule has 0 radical (unpaired) electrons. The van der Waals surface area contributed by atoms with Gasteiger partial charge < -0.3 is 10.1 Å². The Morgan fingerprint density at radius 2 is 2.21 bits per heavy atom. The van der Waals surface area contributed by atoms with Gasteiger partial charge in [-0.05, 0) is 42.2 Å². The van der Waals surface area contributed by atoms with E-state index < -0.39 is 0 Å². The molecule has 19 heavy (non-hydrogen) atoms. The summed E-state index contributed by atoms with van der Waals surface area (Å²) in [6, 6.07) is 9.00. The number of aromatic nitrogens is 1. The lowest BCUT2D eigenvalue weighted by Gasteiger charge is -2.15. The highest BCUT2D eigenvalue weighted by Crippen LogP contribution is 2.34. The molecule has 1 N–H and O–H groups in total. The fourth-order valence-electron chi connectivity index (χ4n) is 2.52. The van der Waals surface area contributed by atoms with Crippen LogP contribution in [0, 0.1) is 5.82 Å². The fourth-order valence-corrected chi connectivity index (χ4v) is 2.52. The van der Waals surface area contributed by atoms with Crippen LogP contribution in [0.25, 0.3) is 0 Å². The van der Waals surface area contributed by atoms with Crippen molar-refractivity contribution in [3.63, 3.8) is 0 Å². The number of nitrogens with zero attached hydrogens (tertiary/aromatic N) is 1. The molecule has 1 unspecified atom stereocenters. The summed E-state index contributed by atoms with van der Waals surface area (Å²) in [6.07, 6.45) is 3.64.